The molecule has 0 saturated heterocycles. The van der Waals surface area contributed by atoms with Crippen LogP contribution in [0.3, 0.4) is 0 Å². The number of amides is 1. The van der Waals surface area contributed by atoms with Gasteiger partial charge in [-0.25, -0.2) is 9.50 Å². The maximum Gasteiger partial charge on any atom is 0.257 e. The molecule has 28 heavy (non-hydrogen) atoms. The van der Waals surface area contributed by atoms with E-state index < -0.39 is 0 Å². The molecule has 1 N–H and O–H groups in total. The molecule has 0 bridgehead atoms. The Hall–Kier alpha value is -3.47. The van der Waals surface area contributed by atoms with Gasteiger partial charge >= 0.3 is 0 Å². The lowest BCUT2D eigenvalue weighted by atomic mass is 10.0. The van der Waals surface area contributed by atoms with E-state index in [0.29, 0.717) is 11.2 Å². The van der Waals surface area contributed by atoms with Gasteiger partial charge in [0.05, 0.1) is 17.9 Å². The highest BCUT2D eigenvalue weighted by molar-refractivity contribution is 6.00. The lowest BCUT2D eigenvalue weighted by molar-refractivity contribution is 0.0941. The van der Waals surface area contributed by atoms with Crippen LogP contribution in [-0.4, -0.2) is 20.5 Å². The first kappa shape index (κ1) is 17.9. The molecule has 2 aromatic heterocycles. The summed E-state index contributed by atoms with van der Waals surface area (Å²) in [5.41, 5.74) is 6.47. The Morgan fingerprint density at radius 1 is 1.04 bits per heavy atom. The molecule has 2 aromatic carbocycles. The van der Waals surface area contributed by atoms with Gasteiger partial charge in [-0.05, 0) is 49.6 Å². The van der Waals surface area contributed by atoms with E-state index in [1.807, 2.05) is 43.3 Å². The molecule has 0 unspecified atom stereocenters. The summed E-state index contributed by atoms with van der Waals surface area (Å²) in [4.78, 5) is 17.3. The average Bonchev–Trinajstić information content (AvgIpc) is 3.15. The van der Waals surface area contributed by atoms with Crippen molar-refractivity contribution in [1.82, 2.24) is 19.9 Å². The highest BCUT2D eigenvalue weighted by Gasteiger charge is 2.18. The lowest BCUT2D eigenvalue weighted by Crippen LogP contribution is -2.26. The first-order valence-corrected chi connectivity index (χ1v) is 9.31. The van der Waals surface area contributed by atoms with Crippen molar-refractivity contribution in [2.24, 2.45) is 0 Å². The van der Waals surface area contributed by atoms with E-state index in [4.69, 9.17) is 0 Å². The summed E-state index contributed by atoms with van der Waals surface area (Å²) in [7, 11) is 0. The fourth-order valence-corrected chi connectivity index (χ4v) is 3.27. The molecule has 0 saturated carbocycles. The van der Waals surface area contributed by atoms with Crippen molar-refractivity contribution in [3.05, 3.63) is 89.2 Å². The minimum Gasteiger partial charge on any atom is -0.345 e. The van der Waals surface area contributed by atoms with Crippen molar-refractivity contribution in [2.75, 3.05) is 0 Å². The van der Waals surface area contributed by atoms with E-state index in [1.54, 1.807) is 16.9 Å². The van der Waals surface area contributed by atoms with Crippen LogP contribution in [0.1, 0.15) is 40.0 Å². The summed E-state index contributed by atoms with van der Waals surface area (Å²) >= 11 is 0. The number of benzene rings is 2. The fraction of sp³-hybridized carbons (Fsp3) is 0.174. The van der Waals surface area contributed by atoms with E-state index in [0.717, 1.165) is 16.8 Å². The van der Waals surface area contributed by atoms with Crippen LogP contribution in [0.25, 0.3) is 16.9 Å². The van der Waals surface area contributed by atoms with E-state index in [2.05, 4.69) is 47.4 Å². The van der Waals surface area contributed by atoms with Gasteiger partial charge in [-0.1, -0.05) is 42.5 Å². The van der Waals surface area contributed by atoms with Crippen molar-refractivity contribution >= 4 is 11.6 Å². The van der Waals surface area contributed by atoms with Crippen LogP contribution >= 0.6 is 0 Å². The number of hydrogen-bond donors (Lipinski definition) is 1. The molecule has 0 spiro atoms. The molecule has 0 aliphatic rings. The molecule has 0 aliphatic carbocycles. The van der Waals surface area contributed by atoms with Crippen molar-refractivity contribution in [2.45, 2.75) is 26.8 Å². The van der Waals surface area contributed by atoms with E-state index >= 15 is 0 Å². The molecular weight excluding hydrogens is 348 g/mol. The molecule has 2 heterocycles. The van der Waals surface area contributed by atoms with Gasteiger partial charge in [0, 0.05) is 11.8 Å². The zero-order valence-electron chi connectivity index (χ0n) is 16.2. The van der Waals surface area contributed by atoms with E-state index in [-0.39, 0.29) is 11.9 Å². The van der Waals surface area contributed by atoms with Gasteiger partial charge in [0.2, 0.25) is 0 Å². The van der Waals surface area contributed by atoms with Crippen molar-refractivity contribution in [1.29, 1.82) is 0 Å². The molecule has 0 aliphatic heterocycles. The second-order valence-corrected chi connectivity index (χ2v) is 7.03. The second kappa shape index (κ2) is 7.27. The van der Waals surface area contributed by atoms with Crippen LogP contribution in [0.4, 0.5) is 0 Å². The van der Waals surface area contributed by atoms with Gasteiger partial charge in [0.15, 0.2) is 5.65 Å². The number of carbonyl (C=O) groups excluding carboxylic acids is 1. The topological polar surface area (TPSA) is 59.3 Å². The van der Waals surface area contributed by atoms with Gasteiger partial charge in [0.1, 0.15) is 5.56 Å². The summed E-state index contributed by atoms with van der Waals surface area (Å²) < 4.78 is 1.73. The normalized spacial score (nSPS) is 12.1. The van der Waals surface area contributed by atoms with Gasteiger partial charge < -0.3 is 5.32 Å². The molecule has 140 valence electrons. The fourth-order valence-electron chi connectivity index (χ4n) is 3.27. The number of nitrogens with zero attached hydrogens (tertiary/aromatic N) is 3. The van der Waals surface area contributed by atoms with Crippen molar-refractivity contribution in [3.8, 4) is 11.3 Å². The number of hydrogen-bond acceptors (Lipinski definition) is 3. The van der Waals surface area contributed by atoms with Gasteiger partial charge in [-0.2, -0.15) is 5.10 Å². The number of nitrogens with one attached hydrogen (secondary N) is 1. The number of rotatable bonds is 4. The molecule has 1 amide bonds. The van der Waals surface area contributed by atoms with Crippen LogP contribution in [0.15, 0.2) is 67.0 Å². The molecular formula is C23H22N4O. The summed E-state index contributed by atoms with van der Waals surface area (Å²) in [5.74, 6) is -0.184. The summed E-state index contributed by atoms with van der Waals surface area (Å²) in [6.45, 7) is 6.14. The Kier molecular flexibility index (Phi) is 4.65. The quantitative estimate of drug-likeness (QED) is 0.575. The Bertz CT molecular complexity index is 1150. The van der Waals surface area contributed by atoms with Crippen LogP contribution in [0.5, 0.6) is 0 Å². The van der Waals surface area contributed by atoms with Crippen LogP contribution in [0.2, 0.25) is 0 Å². The largest absolute Gasteiger partial charge is 0.345 e. The minimum absolute atomic E-state index is 0.105. The van der Waals surface area contributed by atoms with Crippen molar-refractivity contribution in [3.63, 3.8) is 0 Å². The smallest absolute Gasteiger partial charge is 0.257 e. The maximum atomic E-state index is 12.8. The third-order valence-corrected chi connectivity index (χ3v) is 5.10. The van der Waals surface area contributed by atoms with Gasteiger partial charge in [0.25, 0.3) is 5.91 Å². The number of aryl methyl sites for hydroxylation is 2. The minimum atomic E-state index is -0.184. The lowest BCUT2D eigenvalue weighted by Gasteiger charge is -2.13. The standard InChI is InChI=1S/C23H22N4O/c1-15-9-10-19(13-16(15)2)21-11-12-24-22-20(14-25-27(21)22)23(28)26-17(3)18-7-5-4-6-8-18/h4-14,17H,1-3H3,(H,26,28)/t17-/m0/s1. The molecule has 0 fully saturated rings. The molecule has 5 nitrogen and oxygen atoms in total. The molecule has 5 heteroatoms. The molecule has 4 aromatic rings. The van der Waals surface area contributed by atoms with Gasteiger partial charge in [-0.3, -0.25) is 4.79 Å². The summed E-state index contributed by atoms with van der Waals surface area (Å²) in [5, 5.41) is 7.48. The highest BCUT2D eigenvalue weighted by Crippen LogP contribution is 2.23. The number of aromatic nitrogens is 3. The average molecular weight is 370 g/mol. The molecule has 1 atom stereocenters. The van der Waals surface area contributed by atoms with E-state index in [9.17, 15) is 4.79 Å². The van der Waals surface area contributed by atoms with Gasteiger partial charge in [-0.15, -0.1) is 0 Å². The predicted molar refractivity (Wildman–Crippen MR) is 110 cm³/mol. The Morgan fingerprint density at radius 2 is 1.82 bits per heavy atom. The third-order valence-electron chi connectivity index (χ3n) is 5.10. The third kappa shape index (κ3) is 3.27. The molecule has 0 radical (unpaired) electrons. The predicted octanol–water partition coefficient (Wildman–Crippen LogP) is 4.50. The number of carbonyl (C=O) groups is 1. The summed E-state index contributed by atoms with van der Waals surface area (Å²) in [6, 6.07) is 18.0. The second-order valence-electron chi connectivity index (χ2n) is 7.03. The van der Waals surface area contributed by atoms with Crippen molar-refractivity contribution < 1.29 is 4.79 Å². The Labute approximate surface area is 164 Å². The zero-order chi connectivity index (χ0) is 19.7. The van der Waals surface area contributed by atoms with Crippen LogP contribution in [0, 0.1) is 13.8 Å². The Morgan fingerprint density at radius 3 is 2.57 bits per heavy atom. The first-order valence-electron chi connectivity index (χ1n) is 9.31. The van der Waals surface area contributed by atoms with E-state index in [1.165, 1.54) is 11.1 Å². The monoisotopic (exact) mass is 370 g/mol. The summed E-state index contributed by atoms with van der Waals surface area (Å²) in [6.07, 6.45) is 3.30. The van der Waals surface area contributed by atoms with Crippen LogP contribution in [-0.2, 0) is 0 Å². The first-order chi connectivity index (χ1) is 13.5. The SMILES string of the molecule is Cc1ccc(-c2ccnc3c(C(=O)N[C@@H](C)c4ccccc4)cnn23)cc1C. The zero-order valence-corrected chi connectivity index (χ0v) is 16.2. The number of fused-ring (bicyclic) bond motifs is 1. The highest BCUT2D eigenvalue weighted by atomic mass is 16.1. The van der Waals surface area contributed by atoms with Crippen LogP contribution < -0.4 is 5.32 Å². The maximum absolute atomic E-state index is 12.8. The molecule has 4 rings (SSSR count). The Balaban J connectivity index is 1.68.